The van der Waals surface area contributed by atoms with Crippen LogP contribution >= 0.6 is 0 Å². The maximum atomic E-state index is 8.95. The number of hydrogen-bond donors (Lipinski definition) is 1. The number of aromatic nitrogens is 3. The van der Waals surface area contributed by atoms with Crippen molar-refractivity contribution in [1.82, 2.24) is 15.0 Å². The number of imidazole rings is 1. The molecule has 1 N–H and O–H groups in total. The van der Waals surface area contributed by atoms with E-state index >= 15 is 0 Å². The van der Waals surface area contributed by atoms with Crippen LogP contribution in [-0.4, -0.2) is 21.6 Å². The second-order valence-electron chi connectivity index (χ2n) is 5.05. The number of benzene rings is 1. The molecule has 0 aliphatic heterocycles. The molecule has 0 unspecified atom stereocenters. The van der Waals surface area contributed by atoms with Gasteiger partial charge in [0.05, 0.1) is 18.2 Å². The Labute approximate surface area is 134 Å². The van der Waals surface area contributed by atoms with E-state index in [0.717, 1.165) is 17.9 Å². The first-order valence-electron chi connectivity index (χ1n) is 7.40. The molecule has 23 heavy (non-hydrogen) atoms. The minimum atomic E-state index is 0.569. The first kappa shape index (κ1) is 14.8. The molecule has 2 heterocycles. The highest BCUT2D eigenvalue weighted by Gasteiger charge is 2.07. The van der Waals surface area contributed by atoms with Crippen molar-refractivity contribution < 1.29 is 4.74 Å². The summed E-state index contributed by atoms with van der Waals surface area (Å²) in [7, 11) is 0. The molecule has 114 valence electrons. The van der Waals surface area contributed by atoms with E-state index in [2.05, 4.69) is 21.0 Å². The predicted molar refractivity (Wildman–Crippen MR) is 87.0 cm³/mol. The van der Waals surface area contributed by atoms with Gasteiger partial charge in [0.1, 0.15) is 11.4 Å². The Hall–Kier alpha value is -3.13. The monoisotopic (exact) mass is 304 g/mol. The van der Waals surface area contributed by atoms with Crippen molar-refractivity contribution in [3.05, 3.63) is 65.6 Å². The normalized spacial score (nSPS) is 10.3. The summed E-state index contributed by atoms with van der Waals surface area (Å²) in [5.74, 6) is 1.54. The van der Waals surface area contributed by atoms with E-state index in [1.165, 1.54) is 5.56 Å². The van der Waals surface area contributed by atoms with Crippen LogP contribution in [0, 0.1) is 11.3 Å². The average molecular weight is 304 g/mol. The summed E-state index contributed by atoms with van der Waals surface area (Å²) < 4.78 is 5.44. The SMILES string of the molecule is CCOc1ccc(Cc2cnc(-c3cc(C#N)ccn3)[nH]2)cc1. The van der Waals surface area contributed by atoms with Crippen LogP contribution in [-0.2, 0) is 6.42 Å². The molecule has 0 amide bonds. The molecule has 0 fully saturated rings. The van der Waals surface area contributed by atoms with Crippen LogP contribution in [0.15, 0.2) is 48.8 Å². The minimum Gasteiger partial charge on any atom is -0.494 e. The van der Waals surface area contributed by atoms with Gasteiger partial charge in [0, 0.05) is 24.5 Å². The molecular weight excluding hydrogens is 288 g/mol. The topological polar surface area (TPSA) is 74.6 Å². The molecule has 0 atom stereocenters. The lowest BCUT2D eigenvalue weighted by Crippen LogP contribution is -1.93. The number of nitriles is 1. The third-order valence-corrected chi connectivity index (χ3v) is 3.39. The fourth-order valence-corrected chi connectivity index (χ4v) is 2.30. The lowest BCUT2D eigenvalue weighted by Gasteiger charge is -2.04. The standard InChI is InChI=1S/C18H16N4O/c1-2-23-16-5-3-13(4-6-16)9-15-12-21-18(22-15)17-10-14(11-19)7-8-20-17/h3-8,10,12H,2,9H2,1H3,(H,21,22). The molecule has 5 heteroatoms. The number of H-pyrrole nitrogens is 1. The molecule has 0 aliphatic rings. The molecule has 1 aromatic carbocycles. The van der Waals surface area contributed by atoms with Gasteiger partial charge in [-0.3, -0.25) is 4.98 Å². The third-order valence-electron chi connectivity index (χ3n) is 3.39. The summed E-state index contributed by atoms with van der Waals surface area (Å²) in [5, 5.41) is 8.95. The molecular formula is C18H16N4O. The highest BCUT2D eigenvalue weighted by atomic mass is 16.5. The first-order chi connectivity index (χ1) is 11.3. The Morgan fingerprint density at radius 2 is 2.00 bits per heavy atom. The molecule has 0 aliphatic carbocycles. The smallest absolute Gasteiger partial charge is 0.156 e. The predicted octanol–water partition coefficient (Wildman–Crippen LogP) is 3.33. The van der Waals surface area contributed by atoms with Gasteiger partial charge < -0.3 is 9.72 Å². The average Bonchev–Trinajstić information content (AvgIpc) is 3.05. The Bertz CT molecular complexity index is 831. The van der Waals surface area contributed by atoms with Crippen LogP contribution in [0.25, 0.3) is 11.5 Å². The number of hydrogen-bond acceptors (Lipinski definition) is 4. The summed E-state index contributed by atoms with van der Waals surface area (Å²) in [6.07, 6.45) is 4.16. The fourth-order valence-electron chi connectivity index (χ4n) is 2.30. The van der Waals surface area contributed by atoms with Crippen molar-refractivity contribution in [3.63, 3.8) is 0 Å². The largest absolute Gasteiger partial charge is 0.494 e. The zero-order valence-corrected chi connectivity index (χ0v) is 12.8. The highest BCUT2D eigenvalue weighted by Crippen LogP contribution is 2.17. The number of pyridine rings is 1. The molecule has 0 radical (unpaired) electrons. The second-order valence-corrected chi connectivity index (χ2v) is 5.05. The minimum absolute atomic E-state index is 0.569. The fraction of sp³-hybridized carbons (Fsp3) is 0.167. The maximum absolute atomic E-state index is 8.95. The van der Waals surface area contributed by atoms with Crippen LogP contribution in [0.3, 0.4) is 0 Å². The molecule has 2 aromatic heterocycles. The quantitative estimate of drug-likeness (QED) is 0.784. The van der Waals surface area contributed by atoms with E-state index in [1.807, 2.05) is 31.2 Å². The number of aromatic amines is 1. The van der Waals surface area contributed by atoms with Crippen molar-refractivity contribution >= 4 is 0 Å². The summed E-state index contributed by atoms with van der Waals surface area (Å²) in [6, 6.07) is 13.5. The van der Waals surface area contributed by atoms with Crippen LogP contribution in [0.2, 0.25) is 0 Å². The lowest BCUT2D eigenvalue weighted by molar-refractivity contribution is 0.340. The molecule has 0 spiro atoms. The maximum Gasteiger partial charge on any atom is 0.156 e. The van der Waals surface area contributed by atoms with Gasteiger partial charge in [-0.2, -0.15) is 5.26 Å². The van der Waals surface area contributed by atoms with E-state index < -0.39 is 0 Å². The summed E-state index contributed by atoms with van der Waals surface area (Å²) in [4.78, 5) is 11.9. The third kappa shape index (κ3) is 3.55. The summed E-state index contributed by atoms with van der Waals surface area (Å²) in [6.45, 7) is 2.63. The van der Waals surface area contributed by atoms with E-state index in [1.54, 1.807) is 24.5 Å². The van der Waals surface area contributed by atoms with Gasteiger partial charge in [-0.25, -0.2) is 4.98 Å². The van der Waals surface area contributed by atoms with Crippen LogP contribution < -0.4 is 4.74 Å². The van der Waals surface area contributed by atoms with E-state index in [-0.39, 0.29) is 0 Å². The van der Waals surface area contributed by atoms with Crippen molar-refractivity contribution in [2.24, 2.45) is 0 Å². The summed E-state index contributed by atoms with van der Waals surface area (Å²) in [5.41, 5.74) is 3.40. The van der Waals surface area contributed by atoms with Gasteiger partial charge in [-0.05, 0) is 36.8 Å². The Balaban J connectivity index is 1.75. The van der Waals surface area contributed by atoms with Gasteiger partial charge in [0.25, 0.3) is 0 Å². The van der Waals surface area contributed by atoms with Crippen molar-refractivity contribution in [2.45, 2.75) is 13.3 Å². The van der Waals surface area contributed by atoms with E-state index in [4.69, 9.17) is 10.00 Å². The molecule has 3 rings (SSSR count). The first-order valence-corrected chi connectivity index (χ1v) is 7.40. The molecule has 5 nitrogen and oxygen atoms in total. The van der Waals surface area contributed by atoms with Crippen molar-refractivity contribution in [2.75, 3.05) is 6.61 Å². The lowest BCUT2D eigenvalue weighted by atomic mass is 10.1. The number of nitrogens with zero attached hydrogens (tertiary/aromatic N) is 3. The Morgan fingerprint density at radius 1 is 1.17 bits per heavy atom. The van der Waals surface area contributed by atoms with E-state index in [9.17, 15) is 0 Å². The van der Waals surface area contributed by atoms with Gasteiger partial charge in [0.2, 0.25) is 0 Å². The highest BCUT2D eigenvalue weighted by molar-refractivity contribution is 5.52. The number of nitrogens with one attached hydrogen (secondary N) is 1. The van der Waals surface area contributed by atoms with Crippen molar-refractivity contribution in [3.8, 4) is 23.3 Å². The van der Waals surface area contributed by atoms with E-state index in [0.29, 0.717) is 23.7 Å². The molecule has 3 aromatic rings. The van der Waals surface area contributed by atoms with Crippen LogP contribution in [0.4, 0.5) is 0 Å². The van der Waals surface area contributed by atoms with Gasteiger partial charge in [0.15, 0.2) is 5.82 Å². The zero-order valence-electron chi connectivity index (χ0n) is 12.8. The van der Waals surface area contributed by atoms with Crippen LogP contribution in [0.5, 0.6) is 5.75 Å². The zero-order chi connectivity index (χ0) is 16.1. The number of ether oxygens (including phenoxy) is 1. The van der Waals surface area contributed by atoms with Gasteiger partial charge in [-0.1, -0.05) is 12.1 Å². The second kappa shape index (κ2) is 6.75. The Kier molecular flexibility index (Phi) is 4.34. The Morgan fingerprint density at radius 3 is 2.74 bits per heavy atom. The number of rotatable bonds is 5. The summed E-state index contributed by atoms with van der Waals surface area (Å²) >= 11 is 0. The van der Waals surface area contributed by atoms with Gasteiger partial charge in [-0.15, -0.1) is 0 Å². The van der Waals surface area contributed by atoms with Gasteiger partial charge >= 0.3 is 0 Å². The van der Waals surface area contributed by atoms with Crippen LogP contribution in [0.1, 0.15) is 23.7 Å². The molecule has 0 bridgehead atoms. The molecule has 0 saturated heterocycles. The molecule has 0 saturated carbocycles. The van der Waals surface area contributed by atoms with Crippen molar-refractivity contribution in [1.29, 1.82) is 5.26 Å².